The van der Waals surface area contributed by atoms with Gasteiger partial charge in [0.25, 0.3) is 6.29 Å². The minimum Gasteiger partial charge on any atom is -0.458 e. The number of benzene rings is 1. The second-order valence-corrected chi connectivity index (χ2v) is 6.50. The van der Waals surface area contributed by atoms with Gasteiger partial charge < -0.3 is 14.6 Å². The SMILES string of the molecule is CC1=C(CO)[C@H](O/C=C2/C(=O)C[C@@H]3c4ccccc4C[C@H]23)OC1=O. The summed E-state index contributed by atoms with van der Waals surface area (Å²) in [7, 11) is 0. The van der Waals surface area contributed by atoms with Crippen molar-refractivity contribution in [3.8, 4) is 0 Å². The number of carbonyl (C=O) groups is 2. The van der Waals surface area contributed by atoms with Crippen LogP contribution in [0.4, 0.5) is 0 Å². The van der Waals surface area contributed by atoms with E-state index in [1.807, 2.05) is 12.1 Å². The number of hydrogen-bond donors (Lipinski definition) is 1. The molecule has 0 unspecified atom stereocenters. The van der Waals surface area contributed by atoms with E-state index in [9.17, 15) is 14.7 Å². The Morgan fingerprint density at radius 1 is 1.25 bits per heavy atom. The molecule has 1 N–H and O–H groups in total. The summed E-state index contributed by atoms with van der Waals surface area (Å²) in [5.74, 6) is -0.0830. The van der Waals surface area contributed by atoms with Crippen molar-refractivity contribution >= 4 is 11.8 Å². The van der Waals surface area contributed by atoms with Gasteiger partial charge in [0.15, 0.2) is 5.78 Å². The van der Waals surface area contributed by atoms with Gasteiger partial charge in [-0.2, -0.15) is 0 Å². The summed E-state index contributed by atoms with van der Waals surface area (Å²) in [6.07, 6.45) is 1.81. The molecular formula is C19H18O5. The van der Waals surface area contributed by atoms with Crippen LogP contribution in [0.2, 0.25) is 0 Å². The molecule has 0 bridgehead atoms. The van der Waals surface area contributed by atoms with Gasteiger partial charge in [-0.15, -0.1) is 0 Å². The minimum absolute atomic E-state index is 0.0788. The van der Waals surface area contributed by atoms with Crippen LogP contribution in [-0.2, 0) is 25.5 Å². The van der Waals surface area contributed by atoms with Gasteiger partial charge in [-0.05, 0) is 30.4 Å². The Balaban J connectivity index is 1.56. The fourth-order valence-corrected chi connectivity index (χ4v) is 3.94. The maximum absolute atomic E-state index is 12.4. The first kappa shape index (κ1) is 15.1. The Morgan fingerprint density at radius 3 is 2.83 bits per heavy atom. The Bertz CT molecular complexity index is 789. The molecule has 24 heavy (non-hydrogen) atoms. The number of fused-ring (bicyclic) bond motifs is 3. The monoisotopic (exact) mass is 326 g/mol. The zero-order valence-corrected chi connectivity index (χ0v) is 13.3. The summed E-state index contributed by atoms with van der Waals surface area (Å²) in [5.41, 5.74) is 3.95. The molecule has 0 saturated heterocycles. The first-order valence-corrected chi connectivity index (χ1v) is 8.08. The fraction of sp³-hybridized carbons (Fsp3) is 0.368. The molecule has 0 radical (unpaired) electrons. The molecule has 0 aromatic heterocycles. The van der Waals surface area contributed by atoms with E-state index >= 15 is 0 Å². The second-order valence-electron chi connectivity index (χ2n) is 6.50. The highest BCUT2D eigenvalue weighted by atomic mass is 16.7. The number of hydrogen-bond acceptors (Lipinski definition) is 5. The third-order valence-corrected chi connectivity index (χ3v) is 5.28. The number of aliphatic hydroxyl groups excluding tert-OH is 1. The highest BCUT2D eigenvalue weighted by Gasteiger charge is 2.44. The van der Waals surface area contributed by atoms with Crippen LogP contribution in [0, 0.1) is 5.92 Å². The Kier molecular flexibility index (Phi) is 3.53. The lowest BCUT2D eigenvalue weighted by Crippen LogP contribution is -2.16. The van der Waals surface area contributed by atoms with Gasteiger partial charge in [0.1, 0.15) is 0 Å². The standard InChI is InChI=1S/C19H18O5/c1-10-15(8-20)19(24-18(10)22)23-9-16-13-6-11-4-2-3-5-12(11)14(13)7-17(16)21/h2-5,9,13-14,19-20H,6-8H2,1H3/b16-9+/t13-,14+,19+/m0/s1. The average molecular weight is 326 g/mol. The molecule has 1 fully saturated rings. The molecule has 1 aromatic carbocycles. The number of esters is 1. The largest absolute Gasteiger partial charge is 0.458 e. The molecule has 2 aliphatic carbocycles. The molecular weight excluding hydrogens is 308 g/mol. The van der Waals surface area contributed by atoms with Crippen molar-refractivity contribution in [1.82, 2.24) is 0 Å². The van der Waals surface area contributed by atoms with Gasteiger partial charge in [0.2, 0.25) is 0 Å². The van der Waals surface area contributed by atoms with Crippen LogP contribution in [-0.4, -0.2) is 29.8 Å². The van der Waals surface area contributed by atoms with E-state index in [0.29, 0.717) is 23.1 Å². The van der Waals surface area contributed by atoms with Gasteiger partial charge in [0.05, 0.1) is 12.9 Å². The van der Waals surface area contributed by atoms with Crippen LogP contribution in [0.15, 0.2) is 47.2 Å². The molecule has 4 rings (SSSR count). The topological polar surface area (TPSA) is 72.8 Å². The van der Waals surface area contributed by atoms with Crippen LogP contribution in [0.3, 0.4) is 0 Å². The Morgan fingerprint density at radius 2 is 2.04 bits per heavy atom. The third kappa shape index (κ3) is 2.19. The van der Waals surface area contributed by atoms with Crippen LogP contribution in [0.5, 0.6) is 0 Å². The lowest BCUT2D eigenvalue weighted by atomic mass is 9.95. The van der Waals surface area contributed by atoms with Crippen LogP contribution < -0.4 is 0 Å². The normalized spacial score (nSPS) is 29.9. The van der Waals surface area contributed by atoms with Crippen molar-refractivity contribution in [2.75, 3.05) is 6.61 Å². The van der Waals surface area contributed by atoms with Crippen LogP contribution in [0.1, 0.15) is 30.4 Å². The Labute approximate surface area is 139 Å². The van der Waals surface area contributed by atoms with E-state index in [-0.39, 0.29) is 24.2 Å². The van der Waals surface area contributed by atoms with E-state index in [4.69, 9.17) is 9.47 Å². The van der Waals surface area contributed by atoms with Gasteiger partial charge in [-0.3, -0.25) is 4.79 Å². The summed E-state index contributed by atoms with van der Waals surface area (Å²) >= 11 is 0. The summed E-state index contributed by atoms with van der Waals surface area (Å²) in [6.45, 7) is 1.28. The van der Waals surface area contributed by atoms with E-state index in [1.54, 1.807) is 6.92 Å². The molecule has 0 spiro atoms. The van der Waals surface area contributed by atoms with Crippen molar-refractivity contribution < 1.29 is 24.2 Å². The fourth-order valence-electron chi connectivity index (χ4n) is 3.94. The maximum atomic E-state index is 12.4. The zero-order chi connectivity index (χ0) is 16.8. The molecule has 1 aliphatic heterocycles. The van der Waals surface area contributed by atoms with Crippen molar-refractivity contribution in [2.45, 2.75) is 32.0 Å². The van der Waals surface area contributed by atoms with Gasteiger partial charge >= 0.3 is 5.97 Å². The number of carbonyl (C=O) groups excluding carboxylic acids is 2. The summed E-state index contributed by atoms with van der Waals surface area (Å²) in [4.78, 5) is 24.0. The van der Waals surface area contributed by atoms with E-state index in [1.165, 1.54) is 17.4 Å². The van der Waals surface area contributed by atoms with Gasteiger partial charge in [-0.25, -0.2) is 4.79 Å². The number of ketones is 1. The quantitative estimate of drug-likeness (QED) is 0.522. The summed E-state index contributed by atoms with van der Waals surface area (Å²) in [6, 6.07) is 8.21. The van der Waals surface area contributed by atoms with E-state index < -0.39 is 12.3 Å². The molecule has 3 aliphatic rings. The average Bonchev–Trinajstić information content (AvgIpc) is 3.16. The number of ether oxygens (including phenoxy) is 2. The van der Waals surface area contributed by atoms with Crippen molar-refractivity contribution in [1.29, 1.82) is 0 Å². The first-order chi connectivity index (χ1) is 11.6. The summed E-state index contributed by atoms with van der Waals surface area (Å²) in [5, 5.41) is 9.38. The number of rotatable bonds is 3. The molecule has 1 heterocycles. The van der Waals surface area contributed by atoms with Crippen molar-refractivity contribution in [2.24, 2.45) is 5.92 Å². The van der Waals surface area contributed by atoms with Crippen LogP contribution in [0.25, 0.3) is 0 Å². The predicted octanol–water partition coefficient (Wildman–Crippen LogP) is 2.01. The van der Waals surface area contributed by atoms with E-state index in [2.05, 4.69) is 12.1 Å². The molecule has 1 saturated carbocycles. The first-order valence-electron chi connectivity index (χ1n) is 8.08. The van der Waals surface area contributed by atoms with Gasteiger partial charge in [0, 0.05) is 29.1 Å². The molecule has 3 atom stereocenters. The second kappa shape index (κ2) is 5.60. The molecule has 124 valence electrons. The van der Waals surface area contributed by atoms with Crippen LogP contribution >= 0.6 is 0 Å². The number of aliphatic hydroxyl groups is 1. The Hall–Kier alpha value is -2.40. The van der Waals surface area contributed by atoms with E-state index in [0.717, 1.165) is 6.42 Å². The zero-order valence-electron chi connectivity index (χ0n) is 13.3. The van der Waals surface area contributed by atoms with Crippen molar-refractivity contribution in [3.05, 3.63) is 58.4 Å². The van der Waals surface area contributed by atoms with Gasteiger partial charge in [-0.1, -0.05) is 24.3 Å². The minimum atomic E-state index is -0.939. The molecule has 0 amide bonds. The predicted molar refractivity (Wildman–Crippen MR) is 84.8 cm³/mol. The smallest absolute Gasteiger partial charge is 0.337 e. The highest BCUT2D eigenvalue weighted by molar-refractivity contribution is 5.99. The number of allylic oxidation sites excluding steroid dienone is 1. The maximum Gasteiger partial charge on any atom is 0.337 e. The number of Topliss-reactive ketones (excluding diaryl/α,β-unsaturated/α-hetero) is 1. The van der Waals surface area contributed by atoms with Crippen molar-refractivity contribution in [3.63, 3.8) is 0 Å². The third-order valence-electron chi connectivity index (χ3n) is 5.28. The molecule has 1 aromatic rings. The molecule has 5 heteroatoms. The number of cyclic esters (lactones) is 1. The summed E-state index contributed by atoms with van der Waals surface area (Å²) < 4.78 is 10.7. The lowest BCUT2D eigenvalue weighted by molar-refractivity contribution is -0.153. The highest BCUT2D eigenvalue weighted by Crippen LogP contribution is 2.49. The molecule has 5 nitrogen and oxygen atoms in total. The lowest BCUT2D eigenvalue weighted by Gasteiger charge is -2.14.